The first kappa shape index (κ1) is 14.2. The molecule has 2 aliphatic heterocycles. The quantitative estimate of drug-likeness (QED) is 0.837. The van der Waals surface area contributed by atoms with Gasteiger partial charge in [-0.15, -0.1) is 0 Å². The third kappa shape index (κ3) is 3.44. The molecular formula is C12H24N2O3S. The molecule has 2 aliphatic rings. The number of hydrogen-bond acceptors (Lipinski definition) is 3. The van der Waals surface area contributed by atoms with E-state index in [1.165, 1.54) is 0 Å². The van der Waals surface area contributed by atoms with Crippen molar-refractivity contribution in [2.45, 2.75) is 51.7 Å². The van der Waals surface area contributed by atoms with Gasteiger partial charge >= 0.3 is 0 Å². The van der Waals surface area contributed by atoms with Gasteiger partial charge in [0.25, 0.3) is 10.2 Å². The molecule has 6 heteroatoms. The molecule has 2 rings (SSSR count). The SMILES string of the molecule is C[C@@H]1CCCN(S(=O)(=O)N[C@@H](C)[C@@H]2CCCO2)C1. The summed E-state index contributed by atoms with van der Waals surface area (Å²) in [6.07, 6.45) is 4.07. The summed E-state index contributed by atoms with van der Waals surface area (Å²) >= 11 is 0. The molecule has 0 spiro atoms. The average Bonchev–Trinajstić information content (AvgIpc) is 2.82. The standard InChI is InChI=1S/C12H24N2O3S/c1-10-5-3-7-14(9-10)18(15,16)13-11(2)12-6-4-8-17-12/h10-13H,3-9H2,1-2H3/t10-,11+,12+/m1/s1. The summed E-state index contributed by atoms with van der Waals surface area (Å²) in [6.45, 7) is 6.01. The van der Waals surface area contributed by atoms with E-state index in [0.29, 0.717) is 19.0 Å². The van der Waals surface area contributed by atoms with E-state index in [-0.39, 0.29) is 12.1 Å². The van der Waals surface area contributed by atoms with Crippen LogP contribution in [0.3, 0.4) is 0 Å². The Morgan fingerprint density at radius 2 is 2.11 bits per heavy atom. The van der Waals surface area contributed by atoms with Gasteiger partial charge < -0.3 is 4.74 Å². The molecule has 3 atom stereocenters. The van der Waals surface area contributed by atoms with Crippen LogP contribution in [0.1, 0.15) is 39.5 Å². The lowest BCUT2D eigenvalue weighted by Crippen LogP contribution is -2.50. The predicted molar refractivity (Wildman–Crippen MR) is 70.5 cm³/mol. The number of nitrogens with zero attached hydrogens (tertiary/aromatic N) is 1. The van der Waals surface area contributed by atoms with Crippen LogP contribution in [0, 0.1) is 5.92 Å². The van der Waals surface area contributed by atoms with Crippen LogP contribution in [0.15, 0.2) is 0 Å². The maximum absolute atomic E-state index is 12.3. The maximum atomic E-state index is 12.3. The number of ether oxygens (including phenoxy) is 1. The molecule has 5 nitrogen and oxygen atoms in total. The van der Waals surface area contributed by atoms with E-state index in [9.17, 15) is 8.42 Å². The van der Waals surface area contributed by atoms with Crippen molar-refractivity contribution in [2.24, 2.45) is 5.92 Å². The minimum atomic E-state index is -3.35. The number of nitrogens with one attached hydrogen (secondary N) is 1. The molecule has 0 saturated carbocycles. The minimum absolute atomic E-state index is 0.0296. The second-order valence-corrected chi connectivity index (χ2v) is 7.27. The van der Waals surface area contributed by atoms with Crippen LogP contribution < -0.4 is 4.72 Å². The van der Waals surface area contributed by atoms with Crippen molar-refractivity contribution < 1.29 is 13.2 Å². The van der Waals surface area contributed by atoms with Gasteiger partial charge in [0.2, 0.25) is 0 Å². The number of piperidine rings is 1. The van der Waals surface area contributed by atoms with Crippen LogP contribution in [-0.4, -0.2) is 44.6 Å². The van der Waals surface area contributed by atoms with Gasteiger partial charge in [0.05, 0.1) is 6.10 Å². The molecule has 0 unspecified atom stereocenters. The monoisotopic (exact) mass is 276 g/mol. The highest BCUT2D eigenvalue weighted by atomic mass is 32.2. The Bertz CT molecular complexity index is 366. The first-order chi connectivity index (χ1) is 8.49. The fraction of sp³-hybridized carbons (Fsp3) is 1.00. The van der Waals surface area contributed by atoms with Gasteiger partial charge in [-0.25, -0.2) is 0 Å². The zero-order chi connectivity index (χ0) is 13.2. The van der Waals surface area contributed by atoms with E-state index in [1.807, 2.05) is 6.92 Å². The zero-order valence-corrected chi connectivity index (χ0v) is 12.1. The summed E-state index contributed by atoms with van der Waals surface area (Å²) in [7, 11) is -3.35. The van der Waals surface area contributed by atoms with Gasteiger partial charge in [0, 0.05) is 25.7 Å². The van der Waals surface area contributed by atoms with Crippen molar-refractivity contribution in [3.63, 3.8) is 0 Å². The summed E-state index contributed by atoms with van der Waals surface area (Å²) in [5.74, 6) is 0.452. The zero-order valence-electron chi connectivity index (χ0n) is 11.3. The van der Waals surface area contributed by atoms with Crippen LogP contribution in [0.25, 0.3) is 0 Å². The van der Waals surface area contributed by atoms with E-state index in [0.717, 1.165) is 32.3 Å². The number of hydrogen-bond donors (Lipinski definition) is 1. The highest BCUT2D eigenvalue weighted by Gasteiger charge is 2.31. The summed E-state index contributed by atoms with van der Waals surface area (Å²) in [5.41, 5.74) is 0. The van der Waals surface area contributed by atoms with Crippen molar-refractivity contribution in [1.29, 1.82) is 0 Å². The smallest absolute Gasteiger partial charge is 0.279 e. The summed E-state index contributed by atoms with van der Waals surface area (Å²) < 4.78 is 34.4. The van der Waals surface area contributed by atoms with Crippen molar-refractivity contribution in [3.8, 4) is 0 Å². The lowest BCUT2D eigenvalue weighted by molar-refractivity contribution is 0.0894. The van der Waals surface area contributed by atoms with Gasteiger partial charge in [-0.2, -0.15) is 17.4 Å². The minimum Gasteiger partial charge on any atom is -0.377 e. The lowest BCUT2D eigenvalue weighted by atomic mass is 10.0. The van der Waals surface area contributed by atoms with E-state index in [4.69, 9.17) is 4.74 Å². The number of rotatable bonds is 4. The summed E-state index contributed by atoms with van der Waals surface area (Å²) in [6, 6.07) is -0.144. The average molecular weight is 276 g/mol. The Kier molecular flexibility index (Phi) is 4.64. The van der Waals surface area contributed by atoms with Crippen LogP contribution >= 0.6 is 0 Å². The molecule has 106 valence electrons. The van der Waals surface area contributed by atoms with Gasteiger partial charge in [0.1, 0.15) is 0 Å². The van der Waals surface area contributed by atoms with E-state index in [1.54, 1.807) is 4.31 Å². The first-order valence-corrected chi connectivity index (χ1v) is 8.32. The molecule has 2 saturated heterocycles. The summed E-state index contributed by atoms with van der Waals surface area (Å²) in [4.78, 5) is 0. The predicted octanol–water partition coefficient (Wildman–Crippen LogP) is 1.12. The molecule has 0 aromatic heterocycles. The third-order valence-electron chi connectivity index (χ3n) is 3.82. The van der Waals surface area contributed by atoms with Crippen molar-refractivity contribution >= 4 is 10.2 Å². The Morgan fingerprint density at radius 1 is 1.33 bits per heavy atom. The molecule has 0 aromatic rings. The van der Waals surface area contributed by atoms with Crippen LogP contribution in [-0.2, 0) is 14.9 Å². The van der Waals surface area contributed by atoms with Crippen molar-refractivity contribution in [2.75, 3.05) is 19.7 Å². The van der Waals surface area contributed by atoms with Gasteiger partial charge in [0.15, 0.2) is 0 Å². The van der Waals surface area contributed by atoms with Crippen LogP contribution in [0.5, 0.6) is 0 Å². The van der Waals surface area contributed by atoms with E-state index >= 15 is 0 Å². The first-order valence-electron chi connectivity index (χ1n) is 6.88. The molecule has 0 radical (unpaired) electrons. The third-order valence-corrected chi connectivity index (χ3v) is 5.50. The molecule has 1 N–H and O–H groups in total. The molecule has 0 aliphatic carbocycles. The highest BCUT2D eigenvalue weighted by molar-refractivity contribution is 7.87. The van der Waals surface area contributed by atoms with Gasteiger partial charge in [-0.1, -0.05) is 6.92 Å². The molecule has 0 aromatic carbocycles. The highest BCUT2D eigenvalue weighted by Crippen LogP contribution is 2.20. The largest absolute Gasteiger partial charge is 0.377 e. The van der Waals surface area contributed by atoms with E-state index in [2.05, 4.69) is 11.6 Å². The maximum Gasteiger partial charge on any atom is 0.279 e. The topological polar surface area (TPSA) is 58.6 Å². The molecule has 0 amide bonds. The second kappa shape index (κ2) is 5.86. The molecule has 18 heavy (non-hydrogen) atoms. The van der Waals surface area contributed by atoms with Crippen molar-refractivity contribution in [1.82, 2.24) is 9.03 Å². The lowest BCUT2D eigenvalue weighted by Gasteiger charge is -2.31. The van der Waals surface area contributed by atoms with Crippen LogP contribution in [0.2, 0.25) is 0 Å². The van der Waals surface area contributed by atoms with Gasteiger partial charge in [-0.05, 0) is 38.5 Å². The summed E-state index contributed by atoms with van der Waals surface area (Å²) in [5, 5.41) is 0. The Balaban J connectivity index is 1.93. The molecule has 0 bridgehead atoms. The Hall–Kier alpha value is -0.170. The van der Waals surface area contributed by atoms with Crippen LogP contribution in [0.4, 0.5) is 0 Å². The Morgan fingerprint density at radius 3 is 2.72 bits per heavy atom. The fourth-order valence-electron chi connectivity index (χ4n) is 2.75. The molecule has 2 fully saturated rings. The second-order valence-electron chi connectivity index (χ2n) is 5.57. The Labute approximate surface area is 110 Å². The fourth-order valence-corrected chi connectivity index (χ4v) is 4.34. The molecular weight excluding hydrogens is 252 g/mol. The van der Waals surface area contributed by atoms with E-state index < -0.39 is 10.2 Å². The van der Waals surface area contributed by atoms with Gasteiger partial charge in [-0.3, -0.25) is 0 Å². The van der Waals surface area contributed by atoms with Crippen molar-refractivity contribution in [3.05, 3.63) is 0 Å². The molecule has 2 heterocycles. The normalized spacial score (nSPS) is 32.6.